The molecule has 0 spiro atoms. The molecular weight excluding hydrogens is 438 g/mol. The fourth-order valence-electron chi connectivity index (χ4n) is 5.29. The van der Waals surface area contributed by atoms with Crippen LogP contribution in [0.5, 0.6) is 6.01 Å². The molecule has 2 aliphatic rings. The van der Waals surface area contributed by atoms with Crippen LogP contribution in [0.1, 0.15) is 56.7 Å². The number of rotatable bonds is 12. The number of unbranched alkanes of at least 4 members (excludes halogenated alkanes) is 1. The van der Waals surface area contributed by atoms with Crippen molar-refractivity contribution in [3.63, 3.8) is 0 Å². The van der Waals surface area contributed by atoms with E-state index in [0.717, 1.165) is 49.2 Å². The van der Waals surface area contributed by atoms with E-state index in [1.807, 2.05) is 12.2 Å². The van der Waals surface area contributed by atoms with E-state index in [2.05, 4.69) is 37.6 Å². The van der Waals surface area contributed by atoms with E-state index in [4.69, 9.17) is 14.7 Å². The summed E-state index contributed by atoms with van der Waals surface area (Å²) in [4.78, 5) is 26.0. The van der Waals surface area contributed by atoms with Crippen LogP contribution in [0.15, 0.2) is 38.0 Å². The Balaban J connectivity index is 1.90. The Hall–Kier alpha value is -3.14. The fraction of sp³-hybridized carbons (Fsp3) is 0.571. The zero-order valence-corrected chi connectivity index (χ0v) is 21.1. The highest BCUT2D eigenvalue weighted by Gasteiger charge is 2.32. The van der Waals surface area contributed by atoms with Crippen LogP contribution in [-0.4, -0.2) is 53.1 Å². The lowest BCUT2D eigenvalue weighted by atomic mass is 9.97. The van der Waals surface area contributed by atoms with E-state index in [0.29, 0.717) is 44.1 Å². The van der Waals surface area contributed by atoms with Gasteiger partial charge in [-0.2, -0.15) is 15.2 Å². The summed E-state index contributed by atoms with van der Waals surface area (Å²) in [5, 5.41) is 9.39. The van der Waals surface area contributed by atoms with Crippen LogP contribution in [0.3, 0.4) is 0 Å². The SMILES string of the molecule is C=CCCCc1c(CC)nc(OC[C@@H]2CCCC2C=C)nc1N1CCN(C(=O)C=C)C(CC#N)C1. The number of aryl methyl sites for hydroxylation is 1. The van der Waals surface area contributed by atoms with Gasteiger partial charge in [0.2, 0.25) is 5.91 Å². The van der Waals surface area contributed by atoms with Gasteiger partial charge >= 0.3 is 6.01 Å². The Morgan fingerprint density at radius 3 is 2.77 bits per heavy atom. The first-order chi connectivity index (χ1) is 17.1. The molecule has 0 aromatic carbocycles. The summed E-state index contributed by atoms with van der Waals surface area (Å²) in [5.74, 6) is 1.67. The van der Waals surface area contributed by atoms with E-state index in [9.17, 15) is 10.1 Å². The van der Waals surface area contributed by atoms with E-state index in [-0.39, 0.29) is 18.4 Å². The molecule has 1 aromatic heterocycles. The molecule has 1 aromatic rings. The molecule has 3 atom stereocenters. The normalized spacial score (nSPS) is 21.9. The van der Waals surface area contributed by atoms with Gasteiger partial charge in [-0.15, -0.1) is 13.2 Å². The molecule has 0 radical (unpaired) electrons. The summed E-state index contributed by atoms with van der Waals surface area (Å²) >= 11 is 0. The van der Waals surface area contributed by atoms with E-state index in [1.54, 1.807) is 4.90 Å². The average molecular weight is 478 g/mol. The van der Waals surface area contributed by atoms with Crippen LogP contribution >= 0.6 is 0 Å². The van der Waals surface area contributed by atoms with Crippen LogP contribution < -0.4 is 9.64 Å². The summed E-state index contributed by atoms with van der Waals surface area (Å²) in [6.07, 6.45) is 12.6. The summed E-state index contributed by atoms with van der Waals surface area (Å²) in [6, 6.07) is 2.44. The highest BCUT2D eigenvalue weighted by Crippen LogP contribution is 2.33. The Morgan fingerprint density at radius 1 is 1.26 bits per heavy atom. The van der Waals surface area contributed by atoms with Crippen molar-refractivity contribution in [1.82, 2.24) is 14.9 Å². The van der Waals surface area contributed by atoms with Gasteiger partial charge in [0.05, 0.1) is 30.8 Å². The smallest absolute Gasteiger partial charge is 0.318 e. The number of carbonyl (C=O) groups is 1. The summed E-state index contributed by atoms with van der Waals surface area (Å²) in [5.41, 5.74) is 2.13. The zero-order valence-electron chi connectivity index (χ0n) is 21.1. The molecule has 2 heterocycles. The molecule has 1 amide bonds. The molecule has 1 saturated carbocycles. The second kappa shape index (κ2) is 13.1. The number of allylic oxidation sites excluding steroid dienone is 2. The average Bonchev–Trinajstić information content (AvgIpc) is 3.35. The topological polar surface area (TPSA) is 82.4 Å². The first kappa shape index (κ1) is 26.5. The number of amides is 1. The third-order valence-electron chi connectivity index (χ3n) is 7.23. The molecule has 1 aliphatic heterocycles. The molecule has 35 heavy (non-hydrogen) atoms. The molecule has 3 rings (SSSR count). The van der Waals surface area contributed by atoms with Crippen LogP contribution in [0.4, 0.5) is 5.82 Å². The van der Waals surface area contributed by atoms with Crippen LogP contribution in [0, 0.1) is 23.2 Å². The monoisotopic (exact) mass is 477 g/mol. The van der Waals surface area contributed by atoms with Crippen molar-refractivity contribution in [3.05, 3.63) is 49.2 Å². The highest BCUT2D eigenvalue weighted by atomic mass is 16.5. The Labute approximate surface area is 210 Å². The highest BCUT2D eigenvalue weighted by molar-refractivity contribution is 5.87. The lowest BCUT2D eigenvalue weighted by molar-refractivity contribution is -0.128. The summed E-state index contributed by atoms with van der Waals surface area (Å²) in [7, 11) is 0. The van der Waals surface area contributed by atoms with Crippen LogP contribution in [0.2, 0.25) is 0 Å². The number of aromatic nitrogens is 2. The second-order valence-corrected chi connectivity index (χ2v) is 9.39. The number of nitriles is 1. The Bertz CT molecular complexity index is 953. The van der Waals surface area contributed by atoms with Crippen LogP contribution in [0.25, 0.3) is 0 Å². The van der Waals surface area contributed by atoms with Crippen molar-refractivity contribution in [1.29, 1.82) is 5.26 Å². The first-order valence-electron chi connectivity index (χ1n) is 12.9. The maximum Gasteiger partial charge on any atom is 0.318 e. The van der Waals surface area contributed by atoms with Gasteiger partial charge in [0, 0.05) is 25.2 Å². The zero-order chi connectivity index (χ0) is 25.2. The van der Waals surface area contributed by atoms with Gasteiger partial charge in [-0.1, -0.05) is 32.1 Å². The number of nitrogens with zero attached hydrogens (tertiary/aromatic N) is 5. The third kappa shape index (κ3) is 6.50. The molecule has 1 saturated heterocycles. The number of hydrogen-bond donors (Lipinski definition) is 0. The Kier molecular flexibility index (Phi) is 9.89. The second-order valence-electron chi connectivity index (χ2n) is 9.39. The van der Waals surface area contributed by atoms with Crippen molar-refractivity contribution in [2.45, 2.75) is 64.3 Å². The molecule has 7 heteroatoms. The van der Waals surface area contributed by atoms with Gasteiger partial charge in [-0.05, 0) is 56.4 Å². The number of piperazine rings is 1. The summed E-state index contributed by atoms with van der Waals surface area (Å²) in [6.45, 7) is 15.9. The van der Waals surface area contributed by atoms with Gasteiger partial charge in [-0.3, -0.25) is 4.79 Å². The number of ether oxygens (including phenoxy) is 1. The van der Waals surface area contributed by atoms with Crippen molar-refractivity contribution in [2.24, 2.45) is 11.8 Å². The molecule has 0 bridgehead atoms. The predicted octanol–water partition coefficient (Wildman–Crippen LogP) is 4.65. The van der Waals surface area contributed by atoms with Gasteiger partial charge < -0.3 is 14.5 Å². The standard InChI is InChI=1S/C28H39N5O2/c1-5-9-10-14-24-25(7-3)30-28(35-20-22-13-11-12-21(22)6-2)31-27(24)32-17-18-33(26(34)8-4)23(19-32)15-16-29/h5-6,8,21-23H,1-2,4,7,9-15,17-20H2,3H3/t21?,22-,23?/m0/s1. The minimum atomic E-state index is -0.212. The first-order valence-corrected chi connectivity index (χ1v) is 12.9. The molecule has 2 fully saturated rings. The predicted molar refractivity (Wildman–Crippen MR) is 139 cm³/mol. The largest absolute Gasteiger partial charge is 0.463 e. The van der Waals surface area contributed by atoms with Crippen molar-refractivity contribution < 1.29 is 9.53 Å². The number of anilines is 1. The van der Waals surface area contributed by atoms with E-state index in [1.165, 1.54) is 18.9 Å². The molecular formula is C28H39N5O2. The minimum absolute atomic E-state index is 0.134. The van der Waals surface area contributed by atoms with Crippen LogP contribution in [-0.2, 0) is 17.6 Å². The van der Waals surface area contributed by atoms with Crippen molar-refractivity contribution >= 4 is 11.7 Å². The van der Waals surface area contributed by atoms with E-state index >= 15 is 0 Å². The van der Waals surface area contributed by atoms with Gasteiger partial charge in [-0.25, -0.2) is 0 Å². The van der Waals surface area contributed by atoms with E-state index < -0.39 is 0 Å². The quantitative estimate of drug-likeness (QED) is 0.248. The van der Waals surface area contributed by atoms with Crippen molar-refractivity contribution in [2.75, 3.05) is 31.1 Å². The van der Waals surface area contributed by atoms with Gasteiger partial charge in [0.1, 0.15) is 5.82 Å². The van der Waals surface area contributed by atoms with Gasteiger partial charge in [0.15, 0.2) is 0 Å². The summed E-state index contributed by atoms with van der Waals surface area (Å²) < 4.78 is 6.18. The minimum Gasteiger partial charge on any atom is -0.463 e. The lowest BCUT2D eigenvalue weighted by Gasteiger charge is -2.41. The lowest BCUT2D eigenvalue weighted by Crippen LogP contribution is -2.55. The molecule has 2 unspecified atom stereocenters. The molecule has 188 valence electrons. The van der Waals surface area contributed by atoms with Crippen molar-refractivity contribution in [3.8, 4) is 12.1 Å². The maximum atomic E-state index is 12.4. The number of carbonyl (C=O) groups excluding carboxylic acids is 1. The maximum absolute atomic E-state index is 12.4. The fourth-order valence-corrected chi connectivity index (χ4v) is 5.29. The molecule has 1 aliphatic carbocycles. The molecule has 0 N–H and O–H groups in total. The molecule has 7 nitrogen and oxygen atoms in total. The third-order valence-corrected chi connectivity index (χ3v) is 7.23. The Morgan fingerprint density at radius 2 is 2.09 bits per heavy atom. The van der Waals surface area contributed by atoms with Gasteiger partial charge in [0.25, 0.3) is 0 Å². The number of hydrogen-bond acceptors (Lipinski definition) is 6.